The lowest BCUT2D eigenvalue weighted by Crippen LogP contribution is -2.39. The summed E-state index contributed by atoms with van der Waals surface area (Å²) in [4.78, 5) is 37.4. The molecule has 0 spiro atoms. The van der Waals surface area contributed by atoms with Crippen LogP contribution < -0.4 is 21.3 Å². The fourth-order valence-electron chi connectivity index (χ4n) is 4.54. The first-order valence-electron chi connectivity index (χ1n) is 12.3. The third-order valence-corrected chi connectivity index (χ3v) is 6.30. The van der Waals surface area contributed by atoms with E-state index in [0.717, 1.165) is 31.2 Å². The molecule has 11 heteroatoms. The number of nitrogens with zero attached hydrogens (tertiary/aromatic N) is 5. The normalized spacial score (nSPS) is 17.2. The summed E-state index contributed by atoms with van der Waals surface area (Å²) in [5.41, 5.74) is 3.17. The molecule has 2 amide bonds. The van der Waals surface area contributed by atoms with Crippen molar-refractivity contribution in [3.05, 3.63) is 66.4 Å². The van der Waals surface area contributed by atoms with E-state index in [0.29, 0.717) is 34.4 Å². The maximum Gasteiger partial charge on any atom is 0.276 e. The average molecular weight is 500 g/mol. The van der Waals surface area contributed by atoms with Gasteiger partial charge in [0.15, 0.2) is 11.3 Å². The maximum atomic E-state index is 13.1. The Kier molecular flexibility index (Phi) is 6.93. The van der Waals surface area contributed by atoms with Crippen LogP contribution in [-0.4, -0.2) is 48.5 Å². The SMILES string of the molecule is CC(=O)N[C@H]1CC[C@H](Nc2cc(Nc3cc(C)ccn3)c3ncc(C(=O)Nc4ccncc4)n3n2)CC1. The van der Waals surface area contributed by atoms with E-state index in [9.17, 15) is 9.59 Å². The predicted octanol–water partition coefficient (Wildman–Crippen LogP) is 3.68. The molecular formula is C26H29N9O2. The van der Waals surface area contributed by atoms with Gasteiger partial charge in [0.05, 0.1) is 11.9 Å². The van der Waals surface area contributed by atoms with Crippen molar-refractivity contribution in [2.45, 2.75) is 51.6 Å². The predicted molar refractivity (Wildman–Crippen MR) is 141 cm³/mol. The van der Waals surface area contributed by atoms with Crippen molar-refractivity contribution in [3.8, 4) is 0 Å². The van der Waals surface area contributed by atoms with Crippen LogP contribution >= 0.6 is 0 Å². The standard InChI is InChI=1S/C26H29N9O2/c1-16-7-12-28-23(13-16)33-21-14-24(31-19-5-3-18(4-6-19)30-17(2)36)34-35-22(15-29-25(21)35)26(37)32-20-8-10-27-11-9-20/h7-15,18-19H,3-6H2,1-2H3,(H,28,33)(H,30,36)(H,31,34)(H,27,32,37)/t18-,19-. The topological polar surface area (TPSA) is 138 Å². The van der Waals surface area contributed by atoms with E-state index < -0.39 is 0 Å². The molecule has 5 rings (SSSR count). The quantitative estimate of drug-likeness (QED) is 0.302. The minimum atomic E-state index is -0.334. The first-order valence-corrected chi connectivity index (χ1v) is 12.3. The van der Waals surface area contributed by atoms with Gasteiger partial charge in [-0.25, -0.2) is 14.5 Å². The molecule has 0 atom stereocenters. The molecule has 4 aromatic heterocycles. The van der Waals surface area contributed by atoms with Crippen LogP contribution in [0.2, 0.25) is 0 Å². The highest BCUT2D eigenvalue weighted by Crippen LogP contribution is 2.27. The Morgan fingerprint density at radius 2 is 1.70 bits per heavy atom. The van der Waals surface area contributed by atoms with Crippen LogP contribution in [0.15, 0.2) is 55.1 Å². The van der Waals surface area contributed by atoms with Gasteiger partial charge in [-0.15, -0.1) is 5.10 Å². The number of rotatable bonds is 7. The Morgan fingerprint density at radius 3 is 2.43 bits per heavy atom. The van der Waals surface area contributed by atoms with Crippen LogP contribution in [0.25, 0.3) is 5.65 Å². The number of aryl methyl sites for hydroxylation is 1. The molecule has 190 valence electrons. The summed E-state index contributed by atoms with van der Waals surface area (Å²) in [6.07, 6.45) is 10.0. The van der Waals surface area contributed by atoms with Crippen molar-refractivity contribution in [1.29, 1.82) is 0 Å². The third-order valence-electron chi connectivity index (χ3n) is 6.30. The number of amides is 2. The molecule has 0 aliphatic heterocycles. The molecule has 0 saturated heterocycles. The van der Waals surface area contributed by atoms with E-state index in [1.54, 1.807) is 42.2 Å². The van der Waals surface area contributed by atoms with Crippen LogP contribution in [-0.2, 0) is 4.79 Å². The Morgan fingerprint density at radius 1 is 0.946 bits per heavy atom. The zero-order valence-electron chi connectivity index (χ0n) is 20.7. The first-order chi connectivity index (χ1) is 17.9. The Bertz CT molecular complexity index is 1410. The molecule has 0 unspecified atom stereocenters. The summed E-state index contributed by atoms with van der Waals surface area (Å²) in [7, 11) is 0. The van der Waals surface area contributed by atoms with E-state index in [4.69, 9.17) is 5.10 Å². The van der Waals surface area contributed by atoms with E-state index >= 15 is 0 Å². The summed E-state index contributed by atoms with van der Waals surface area (Å²) in [5.74, 6) is 0.947. The highest BCUT2D eigenvalue weighted by Gasteiger charge is 2.23. The minimum absolute atomic E-state index is 0.00156. The second kappa shape index (κ2) is 10.6. The summed E-state index contributed by atoms with van der Waals surface area (Å²) < 4.78 is 1.54. The molecule has 4 N–H and O–H groups in total. The molecule has 0 radical (unpaired) electrons. The third kappa shape index (κ3) is 5.83. The molecule has 1 aliphatic rings. The minimum Gasteiger partial charge on any atom is -0.366 e. The van der Waals surface area contributed by atoms with Crippen molar-refractivity contribution >= 4 is 40.5 Å². The van der Waals surface area contributed by atoms with E-state index in [1.807, 2.05) is 25.1 Å². The number of hydrogen-bond acceptors (Lipinski definition) is 8. The molecule has 0 aromatic carbocycles. The van der Waals surface area contributed by atoms with Gasteiger partial charge in [0.2, 0.25) is 5.91 Å². The highest BCUT2D eigenvalue weighted by molar-refractivity contribution is 6.03. The van der Waals surface area contributed by atoms with Gasteiger partial charge in [-0.2, -0.15) is 0 Å². The number of carbonyl (C=O) groups excluding carboxylic acids is 2. The molecular weight excluding hydrogens is 470 g/mol. The fraction of sp³-hybridized carbons (Fsp3) is 0.308. The number of fused-ring (bicyclic) bond motifs is 1. The molecule has 1 aliphatic carbocycles. The summed E-state index contributed by atoms with van der Waals surface area (Å²) in [5, 5.41) is 17.4. The van der Waals surface area contributed by atoms with Gasteiger partial charge in [0.1, 0.15) is 11.6 Å². The molecule has 4 aromatic rings. The number of anilines is 4. The van der Waals surface area contributed by atoms with Gasteiger partial charge in [-0.05, 0) is 62.4 Å². The van der Waals surface area contributed by atoms with E-state index in [1.165, 1.54) is 6.20 Å². The van der Waals surface area contributed by atoms with Crippen molar-refractivity contribution in [2.75, 3.05) is 16.0 Å². The van der Waals surface area contributed by atoms with Crippen molar-refractivity contribution in [1.82, 2.24) is 29.9 Å². The number of aromatic nitrogens is 5. The number of nitrogens with one attached hydrogen (secondary N) is 4. The van der Waals surface area contributed by atoms with Crippen LogP contribution in [0.1, 0.15) is 48.7 Å². The van der Waals surface area contributed by atoms with Gasteiger partial charge in [-0.3, -0.25) is 14.6 Å². The number of imidazole rings is 1. The van der Waals surface area contributed by atoms with Crippen molar-refractivity contribution in [3.63, 3.8) is 0 Å². The molecule has 4 heterocycles. The second-order valence-corrected chi connectivity index (χ2v) is 9.25. The molecule has 1 fully saturated rings. The number of carbonyl (C=O) groups is 2. The number of hydrogen-bond donors (Lipinski definition) is 4. The summed E-state index contributed by atoms with van der Waals surface area (Å²) in [6, 6.07) is 9.58. The van der Waals surface area contributed by atoms with Crippen LogP contribution in [0, 0.1) is 6.92 Å². The summed E-state index contributed by atoms with van der Waals surface area (Å²) in [6.45, 7) is 3.55. The number of pyridine rings is 2. The smallest absolute Gasteiger partial charge is 0.276 e. The van der Waals surface area contributed by atoms with Crippen molar-refractivity contribution < 1.29 is 9.59 Å². The fourth-order valence-corrected chi connectivity index (χ4v) is 4.54. The Labute approximate surface area is 214 Å². The Hall–Kier alpha value is -4.54. The van der Waals surface area contributed by atoms with Gasteiger partial charge < -0.3 is 21.3 Å². The second-order valence-electron chi connectivity index (χ2n) is 9.25. The highest BCUT2D eigenvalue weighted by atomic mass is 16.2. The van der Waals surface area contributed by atoms with E-state index in [-0.39, 0.29) is 23.9 Å². The van der Waals surface area contributed by atoms with Crippen LogP contribution in [0.5, 0.6) is 0 Å². The van der Waals surface area contributed by atoms with Crippen molar-refractivity contribution in [2.24, 2.45) is 0 Å². The lowest BCUT2D eigenvalue weighted by atomic mass is 9.91. The zero-order valence-corrected chi connectivity index (χ0v) is 20.7. The van der Waals surface area contributed by atoms with Gasteiger partial charge >= 0.3 is 0 Å². The average Bonchev–Trinajstić information content (AvgIpc) is 3.30. The van der Waals surface area contributed by atoms with Gasteiger partial charge in [-0.1, -0.05) is 0 Å². The van der Waals surface area contributed by atoms with E-state index in [2.05, 4.69) is 36.2 Å². The largest absolute Gasteiger partial charge is 0.366 e. The molecule has 0 bridgehead atoms. The molecule has 11 nitrogen and oxygen atoms in total. The zero-order chi connectivity index (χ0) is 25.8. The van der Waals surface area contributed by atoms with Gasteiger partial charge in [0.25, 0.3) is 5.91 Å². The maximum absolute atomic E-state index is 13.1. The monoisotopic (exact) mass is 499 g/mol. The van der Waals surface area contributed by atoms with Gasteiger partial charge in [0, 0.05) is 49.4 Å². The Balaban J connectivity index is 1.44. The first kappa shape index (κ1) is 24.2. The lowest BCUT2D eigenvalue weighted by molar-refractivity contribution is -0.119. The molecule has 37 heavy (non-hydrogen) atoms. The van der Waals surface area contributed by atoms with Crippen LogP contribution in [0.4, 0.5) is 23.0 Å². The van der Waals surface area contributed by atoms with Crippen LogP contribution in [0.3, 0.4) is 0 Å². The summed E-state index contributed by atoms with van der Waals surface area (Å²) >= 11 is 0. The lowest BCUT2D eigenvalue weighted by Gasteiger charge is -2.29. The molecule has 1 saturated carbocycles.